The lowest BCUT2D eigenvalue weighted by Gasteiger charge is -2.11. The third-order valence-electron chi connectivity index (χ3n) is 7.84. The van der Waals surface area contributed by atoms with Crippen LogP contribution < -0.4 is 0 Å². The van der Waals surface area contributed by atoms with E-state index in [4.69, 9.17) is 0 Å². The lowest BCUT2D eigenvalue weighted by molar-refractivity contribution is -0.345. The first-order valence-electron chi connectivity index (χ1n) is 15.3. The Hall–Kier alpha value is -2.48. The molecule has 0 fully saturated rings. The van der Waals surface area contributed by atoms with Gasteiger partial charge in [0.1, 0.15) is 0 Å². The lowest BCUT2D eigenvalue weighted by atomic mass is 9.93. The number of aryl methyl sites for hydroxylation is 2. The van der Waals surface area contributed by atoms with Gasteiger partial charge < -0.3 is 5.53 Å². The summed E-state index contributed by atoms with van der Waals surface area (Å²) in [7, 11) is 0. The van der Waals surface area contributed by atoms with E-state index < -0.39 is 0 Å². The number of unbranched alkanes of at least 4 members (excludes halogenated alkanes) is 8. The summed E-state index contributed by atoms with van der Waals surface area (Å²) in [5.74, 6) is 0. The molecule has 0 N–H and O–H groups in total. The average molecular weight is 499 g/mol. The Labute approximate surface area is 227 Å². The summed E-state index contributed by atoms with van der Waals surface area (Å²) in [5, 5.41) is 0. The molecule has 2 aromatic rings. The topological polar surface area (TPSA) is 25.3 Å². The summed E-state index contributed by atoms with van der Waals surface area (Å²) in [6.07, 6.45) is 18.1. The Balaban J connectivity index is 1.85. The highest BCUT2D eigenvalue weighted by atomic mass is 15.2. The summed E-state index contributed by atoms with van der Waals surface area (Å²) < 4.78 is 1.51. The number of nitrogens with zero attached hydrogens (tertiary/aromatic N) is 2. The van der Waals surface area contributed by atoms with Crippen LogP contribution in [0.4, 0.5) is 0 Å². The van der Waals surface area contributed by atoms with Crippen molar-refractivity contribution in [1.29, 1.82) is 0 Å². The van der Waals surface area contributed by atoms with Crippen LogP contribution in [0, 0.1) is 0 Å². The van der Waals surface area contributed by atoms with Gasteiger partial charge in [-0.15, -0.1) is 0 Å². The molecule has 1 aliphatic rings. The maximum absolute atomic E-state index is 11.6. The van der Waals surface area contributed by atoms with Crippen LogP contribution in [0.3, 0.4) is 0 Å². The van der Waals surface area contributed by atoms with Crippen LogP contribution in [-0.4, -0.2) is 4.70 Å². The maximum Gasteiger partial charge on any atom is 0.211 e. The number of rotatable bonds is 17. The molecule has 0 aliphatic carbocycles. The third kappa shape index (κ3) is 8.00. The van der Waals surface area contributed by atoms with Gasteiger partial charge in [0.2, 0.25) is 11.4 Å². The molecule has 0 atom stereocenters. The summed E-state index contributed by atoms with van der Waals surface area (Å²) in [6, 6.07) is 17.9. The summed E-state index contributed by atoms with van der Waals surface area (Å²) in [6.45, 7) is 9.01. The molecule has 1 aliphatic heterocycles. The predicted octanol–water partition coefficient (Wildman–Crippen LogP) is 11.1. The Kier molecular flexibility index (Phi) is 12.3. The molecule has 0 unspecified atom stereocenters. The monoisotopic (exact) mass is 498 g/mol. The molecular formula is C35H50N2. The fraction of sp³-hybridized carbons (Fsp3) is 0.543. The molecule has 0 radical (unpaired) electrons. The molecule has 1 heterocycles. The highest BCUT2D eigenvalue weighted by molar-refractivity contribution is 5.82. The summed E-state index contributed by atoms with van der Waals surface area (Å²) >= 11 is 0. The van der Waals surface area contributed by atoms with E-state index in [9.17, 15) is 5.53 Å². The Morgan fingerprint density at radius 3 is 1.32 bits per heavy atom. The zero-order valence-electron chi connectivity index (χ0n) is 24.1. The molecule has 0 spiro atoms. The highest BCUT2D eigenvalue weighted by Crippen LogP contribution is 2.43. The van der Waals surface area contributed by atoms with Gasteiger partial charge in [-0.1, -0.05) is 103 Å². The fourth-order valence-electron chi connectivity index (χ4n) is 5.62. The fourth-order valence-corrected chi connectivity index (χ4v) is 5.62. The minimum atomic E-state index is 0.922. The molecule has 2 nitrogen and oxygen atoms in total. The van der Waals surface area contributed by atoms with Crippen molar-refractivity contribution >= 4 is 11.4 Å². The number of hydrogen-bond acceptors (Lipinski definition) is 0. The SMILES string of the molecule is CCCCCCc1ccc(C2=C(CC)C(CCCCC)=C(c3ccc(CCCCCC)cc3)[N+]2=[N-])cc1. The molecular weight excluding hydrogens is 448 g/mol. The van der Waals surface area contributed by atoms with Gasteiger partial charge in [0.15, 0.2) is 0 Å². The minimum Gasteiger partial charge on any atom is -0.493 e. The average Bonchev–Trinajstić information content (AvgIpc) is 3.21. The smallest absolute Gasteiger partial charge is 0.211 e. The first-order chi connectivity index (χ1) is 18.1. The van der Waals surface area contributed by atoms with Crippen molar-refractivity contribution in [2.75, 3.05) is 0 Å². The molecule has 0 bridgehead atoms. The molecule has 0 saturated heterocycles. The van der Waals surface area contributed by atoms with Crippen molar-refractivity contribution in [3.8, 4) is 0 Å². The van der Waals surface area contributed by atoms with Crippen LogP contribution in [0.15, 0.2) is 59.7 Å². The second-order valence-corrected chi connectivity index (χ2v) is 10.8. The van der Waals surface area contributed by atoms with Gasteiger partial charge in [-0.05, 0) is 80.3 Å². The predicted molar refractivity (Wildman–Crippen MR) is 160 cm³/mol. The molecule has 0 amide bonds. The zero-order chi connectivity index (χ0) is 26.5. The second kappa shape index (κ2) is 15.7. The molecule has 3 rings (SSSR count). The van der Waals surface area contributed by atoms with Crippen LogP contribution in [0.2, 0.25) is 0 Å². The number of allylic oxidation sites excluding steroid dienone is 2. The van der Waals surface area contributed by atoms with Crippen molar-refractivity contribution in [2.24, 2.45) is 0 Å². The third-order valence-corrected chi connectivity index (χ3v) is 7.84. The van der Waals surface area contributed by atoms with Gasteiger partial charge in [-0.3, -0.25) is 0 Å². The largest absolute Gasteiger partial charge is 0.493 e. The normalized spacial score (nSPS) is 13.8. The molecule has 200 valence electrons. The number of hydrogen-bond donors (Lipinski definition) is 0. The number of benzene rings is 2. The van der Waals surface area contributed by atoms with E-state index in [1.165, 1.54) is 91.2 Å². The Morgan fingerprint density at radius 1 is 0.486 bits per heavy atom. The Bertz CT molecular complexity index is 1040. The van der Waals surface area contributed by atoms with Gasteiger partial charge in [-0.25, -0.2) is 4.70 Å². The van der Waals surface area contributed by atoms with E-state index in [0.717, 1.165) is 54.6 Å². The maximum atomic E-state index is 11.6. The second-order valence-electron chi connectivity index (χ2n) is 10.8. The Morgan fingerprint density at radius 2 is 0.892 bits per heavy atom. The van der Waals surface area contributed by atoms with E-state index in [1.54, 1.807) is 0 Å². The zero-order valence-corrected chi connectivity index (χ0v) is 24.1. The highest BCUT2D eigenvalue weighted by Gasteiger charge is 2.34. The van der Waals surface area contributed by atoms with E-state index in [2.05, 4.69) is 76.2 Å². The van der Waals surface area contributed by atoms with Crippen molar-refractivity contribution in [1.82, 2.24) is 0 Å². The van der Waals surface area contributed by atoms with E-state index in [1.807, 2.05) is 0 Å². The van der Waals surface area contributed by atoms with Gasteiger partial charge in [0, 0.05) is 22.3 Å². The van der Waals surface area contributed by atoms with E-state index in [0.29, 0.717) is 0 Å². The van der Waals surface area contributed by atoms with Crippen molar-refractivity contribution < 1.29 is 4.70 Å². The summed E-state index contributed by atoms with van der Waals surface area (Å²) in [5.41, 5.74) is 21.3. The lowest BCUT2D eigenvalue weighted by Crippen LogP contribution is -2.03. The first kappa shape index (κ1) is 29.1. The van der Waals surface area contributed by atoms with E-state index >= 15 is 0 Å². The molecule has 37 heavy (non-hydrogen) atoms. The van der Waals surface area contributed by atoms with Crippen LogP contribution in [0.25, 0.3) is 16.9 Å². The standard InChI is InChI=1S/C35H50N2/c1-5-9-12-15-17-28-20-24-30(25-21-28)34-32(8-4)33(19-14-11-7-3)35(37(34)36)31-26-22-29(23-27-31)18-16-13-10-6-2/h20-27H,5-19H2,1-4H3. The van der Waals surface area contributed by atoms with Crippen LogP contribution in [0.5, 0.6) is 0 Å². The van der Waals surface area contributed by atoms with Crippen LogP contribution in [0.1, 0.15) is 133 Å². The molecule has 0 saturated carbocycles. The van der Waals surface area contributed by atoms with Gasteiger partial charge in [0.25, 0.3) is 0 Å². The van der Waals surface area contributed by atoms with Crippen LogP contribution >= 0.6 is 0 Å². The summed E-state index contributed by atoms with van der Waals surface area (Å²) in [4.78, 5) is 0. The van der Waals surface area contributed by atoms with Gasteiger partial charge in [0.05, 0.1) is 0 Å². The first-order valence-corrected chi connectivity index (χ1v) is 15.3. The van der Waals surface area contributed by atoms with Crippen molar-refractivity contribution in [2.45, 2.75) is 124 Å². The van der Waals surface area contributed by atoms with Crippen molar-refractivity contribution in [3.05, 3.63) is 87.5 Å². The van der Waals surface area contributed by atoms with Gasteiger partial charge >= 0.3 is 0 Å². The molecule has 0 aromatic heterocycles. The van der Waals surface area contributed by atoms with E-state index in [-0.39, 0.29) is 0 Å². The molecule has 2 heteroatoms. The van der Waals surface area contributed by atoms with Gasteiger partial charge in [-0.2, -0.15) is 0 Å². The minimum absolute atomic E-state index is 0.922. The molecule has 2 aromatic carbocycles. The quantitative estimate of drug-likeness (QED) is 0.153. The van der Waals surface area contributed by atoms with Crippen LogP contribution in [-0.2, 0) is 12.8 Å². The van der Waals surface area contributed by atoms with Crippen molar-refractivity contribution in [3.63, 3.8) is 0 Å².